The number of aliphatic hydroxyl groups excluding tert-OH is 1. The molecule has 0 aromatic carbocycles. The van der Waals surface area contributed by atoms with Gasteiger partial charge in [-0.05, 0) is 51.9 Å². The Labute approximate surface area is 283 Å². The fourth-order valence-electron chi connectivity index (χ4n) is 6.16. The van der Waals surface area contributed by atoms with Crippen molar-refractivity contribution >= 4 is 5.91 Å². The molecule has 0 aliphatic carbocycles. The minimum absolute atomic E-state index is 0.0774. The van der Waals surface area contributed by atoms with Crippen LogP contribution in [-0.4, -0.2) is 23.2 Å². The second kappa shape index (κ2) is 37.4. The number of aliphatic hydroxyl groups is 1. The van der Waals surface area contributed by atoms with Crippen molar-refractivity contribution in [2.75, 3.05) is 0 Å². The van der Waals surface area contributed by atoms with Crippen LogP contribution in [0.15, 0.2) is 24.3 Å². The first kappa shape index (κ1) is 43.9. The number of allylic oxidation sites excluding steroid dienone is 3. The van der Waals surface area contributed by atoms with Crippen LogP contribution in [0, 0.1) is 0 Å². The molecular weight excluding hydrogens is 550 g/mol. The summed E-state index contributed by atoms with van der Waals surface area (Å²) in [5.74, 6) is 0.0774. The van der Waals surface area contributed by atoms with Gasteiger partial charge >= 0.3 is 0 Å². The number of carbonyl (C=O) groups is 1. The summed E-state index contributed by atoms with van der Waals surface area (Å²) in [6, 6.07) is -0.225. The van der Waals surface area contributed by atoms with Gasteiger partial charge in [0, 0.05) is 6.42 Å². The van der Waals surface area contributed by atoms with E-state index < -0.39 is 6.10 Å². The van der Waals surface area contributed by atoms with E-state index in [0.29, 0.717) is 6.42 Å². The Morgan fingerprint density at radius 3 is 1.18 bits per heavy atom. The highest BCUT2D eigenvalue weighted by atomic mass is 16.3. The Bertz CT molecular complexity index is 643. The largest absolute Gasteiger partial charge is 0.387 e. The molecule has 0 aromatic rings. The Kier molecular flexibility index (Phi) is 36.5. The van der Waals surface area contributed by atoms with Crippen LogP contribution in [0.3, 0.4) is 0 Å². The summed E-state index contributed by atoms with van der Waals surface area (Å²) >= 11 is 0. The summed E-state index contributed by atoms with van der Waals surface area (Å²) < 4.78 is 0. The van der Waals surface area contributed by atoms with Crippen molar-refractivity contribution < 1.29 is 9.90 Å². The highest BCUT2D eigenvalue weighted by Gasteiger charge is 2.13. The van der Waals surface area contributed by atoms with Gasteiger partial charge in [-0.3, -0.25) is 4.79 Å². The Morgan fingerprint density at radius 1 is 0.489 bits per heavy atom. The highest BCUT2D eigenvalue weighted by Crippen LogP contribution is 2.14. The average molecular weight is 632 g/mol. The molecule has 3 heteroatoms. The second-order valence-corrected chi connectivity index (χ2v) is 14.1. The van der Waals surface area contributed by atoms with Crippen molar-refractivity contribution in [1.29, 1.82) is 0 Å². The van der Waals surface area contributed by atoms with Crippen LogP contribution in [0.1, 0.15) is 226 Å². The van der Waals surface area contributed by atoms with E-state index in [0.717, 1.165) is 19.3 Å². The van der Waals surface area contributed by atoms with Gasteiger partial charge in [-0.2, -0.15) is 0 Å². The molecule has 3 nitrogen and oxygen atoms in total. The number of rotatable bonds is 36. The molecule has 45 heavy (non-hydrogen) atoms. The van der Waals surface area contributed by atoms with Gasteiger partial charge in [0.2, 0.25) is 5.91 Å². The first-order chi connectivity index (χ1) is 22.1. The molecule has 0 spiro atoms. The Balaban J connectivity index is 3.44. The molecule has 0 aromatic heterocycles. The van der Waals surface area contributed by atoms with Gasteiger partial charge in [0.1, 0.15) is 0 Å². The van der Waals surface area contributed by atoms with Crippen molar-refractivity contribution in [2.45, 2.75) is 238 Å². The molecule has 0 saturated carbocycles. The normalized spacial score (nSPS) is 13.2. The molecule has 0 saturated heterocycles. The average Bonchev–Trinajstić information content (AvgIpc) is 3.03. The zero-order valence-electron chi connectivity index (χ0n) is 30.9. The Hall–Kier alpha value is -1.09. The number of hydrogen-bond acceptors (Lipinski definition) is 2. The van der Waals surface area contributed by atoms with Gasteiger partial charge in [0.25, 0.3) is 0 Å². The predicted octanol–water partition coefficient (Wildman–Crippen LogP) is 13.5. The van der Waals surface area contributed by atoms with Crippen molar-refractivity contribution in [3.8, 4) is 0 Å². The summed E-state index contributed by atoms with van der Waals surface area (Å²) in [6.07, 6.45) is 49.8. The topological polar surface area (TPSA) is 49.3 Å². The van der Waals surface area contributed by atoms with Gasteiger partial charge < -0.3 is 10.4 Å². The van der Waals surface area contributed by atoms with Crippen LogP contribution < -0.4 is 5.32 Å². The molecule has 0 rings (SSSR count). The third kappa shape index (κ3) is 35.6. The lowest BCUT2D eigenvalue weighted by atomic mass is 10.0. The number of nitrogens with one attached hydrogen (secondary N) is 1. The van der Waals surface area contributed by atoms with E-state index in [1.54, 1.807) is 0 Å². The maximum atomic E-state index is 12.3. The van der Waals surface area contributed by atoms with Crippen molar-refractivity contribution in [2.24, 2.45) is 0 Å². The Morgan fingerprint density at radius 2 is 0.800 bits per heavy atom. The number of amides is 1. The number of carbonyl (C=O) groups excluding carboxylic acids is 1. The summed E-state index contributed by atoms with van der Waals surface area (Å²) in [6.45, 7) is 6.47. The lowest BCUT2D eigenvalue weighted by Crippen LogP contribution is -2.40. The fraction of sp³-hybridized carbons (Fsp3) is 0.881. The zero-order valence-corrected chi connectivity index (χ0v) is 30.9. The minimum Gasteiger partial charge on any atom is -0.387 e. The summed E-state index contributed by atoms with van der Waals surface area (Å²) in [4.78, 5) is 12.3. The molecule has 1 unspecified atom stereocenters. The van der Waals surface area contributed by atoms with Gasteiger partial charge in [-0.15, -0.1) is 0 Å². The SMILES string of the molecule is CCCCCCCCC=CCCCCCCCCCCCCCC(=O)NC(C)[C@H](O)C=CCCCCCCCCCCCCC. The quantitative estimate of drug-likeness (QED) is 0.0534. The van der Waals surface area contributed by atoms with Crippen LogP contribution in [0.4, 0.5) is 0 Å². The lowest BCUT2D eigenvalue weighted by molar-refractivity contribution is -0.122. The molecule has 0 bridgehead atoms. The molecule has 0 aliphatic heterocycles. The third-order valence-electron chi connectivity index (χ3n) is 9.37. The van der Waals surface area contributed by atoms with E-state index in [1.807, 2.05) is 13.0 Å². The summed E-state index contributed by atoms with van der Waals surface area (Å²) in [5, 5.41) is 13.4. The number of unbranched alkanes of at least 4 members (excludes halogenated alkanes) is 28. The molecule has 0 radical (unpaired) electrons. The highest BCUT2D eigenvalue weighted by molar-refractivity contribution is 5.76. The summed E-state index contributed by atoms with van der Waals surface area (Å²) in [7, 11) is 0. The third-order valence-corrected chi connectivity index (χ3v) is 9.37. The molecular formula is C42H81NO2. The van der Waals surface area contributed by atoms with Crippen LogP contribution >= 0.6 is 0 Å². The van der Waals surface area contributed by atoms with Crippen LogP contribution in [0.25, 0.3) is 0 Å². The minimum atomic E-state index is -0.599. The monoisotopic (exact) mass is 632 g/mol. The van der Waals surface area contributed by atoms with Gasteiger partial charge in [0.05, 0.1) is 12.1 Å². The predicted molar refractivity (Wildman–Crippen MR) is 201 cm³/mol. The first-order valence-corrected chi connectivity index (χ1v) is 20.4. The standard InChI is InChI=1S/C42H81NO2/c1-4-6-8-10-12-14-16-18-19-20-21-22-23-24-25-27-29-31-33-35-37-39-42(45)43-40(3)41(44)38-36-34-32-30-28-26-17-15-13-11-9-7-5-2/h18-19,36,38,40-41,44H,4-17,20-35,37,39H2,1-3H3,(H,43,45)/t40?,41-/m1/s1. The maximum absolute atomic E-state index is 12.3. The molecule has 1 amide bonds. The van der Waals surface area contributed by atoms with E-state index in [2.05, 4.69) is 37.4 Å². The zero-order chi connectivity index (χ0) is 32.9. The van der Waals surface area contributed by atoms with E-state index >= 15 is 0 Å². The maximum Gasteiger partial charge on any atom is 0.220 e. The molecule has 0 fully saturated rings. The smallest absolute Gasteiger partial charge is 0.220 e. The van der Waals surface area contributed by atoms with E-state index in [4.69, 9.17) is 0 Å². The molecule has 0 heterocycles. The van der Waals surface area contributed by atoms with Gasteiger partial charge in [-0.1, -0.05) is 192 Å². The molecule has 266 valence electrons. The first-order valence-electron chi connectivity index (χ1n) is 20.4. The molecule has 2 N–H and O–H groups in total. The van der Waals surface area contributed by atoms with E-state index in [9.17, 15) is 9.90 Å². The van der Waals surface area contributed by atoms with Crippen LogP contribution in [0.2, 0.25) is 0 Å². The van der Waals surface area contributed by atoms with Crippen molar-refractivity contribution in [3.63, 3.8) is 0 Å². The van der Waals surface area contributed by atoms with Gasteiger partial charge in [-0.25, -0.2) is 0 Å². The lowest BCUT2D eigenvalue weighted by Gasteiger charge is -2.17. The van der Waals surface area contributed by atoms with Crippen LogP contribution in [-0.2, 0) is 4.79 Å². The van der Waals surface area contributed by atoms with E-state index in [1.165, 1.54) is 180 Å². The number of hydrogen-bond donors (Lipinski definition) is 2. The van der Waals surface area contributed by atoms with Crippen molar-refractivity contribution in [3.05, 3.63) is 24.3 Å². The van der Waals surface area contributed by atoms with E-state index in [-0.39, 0.29) is 11.9 Å². The van der Waals surface area contributed by atoms with Crippen molar-refractivity contribution in [1.82, 2.24) is 5.32 Å². The fourth-order valence-corrected chi connectivity index (χ4v) is 6.16. The molecule has 0 aliphatic rings. The van der Waals surface area contributed by atoms with Crippen LogP contribution in [0.5, 0.6) is 0 Å². The van der Waals surface area contributed by atoms with Gasteiger partial charge in [0.15, 0.2) is 0 Å². The molecule has 2 atom stereocenters. The second-order valence-electron chi connectivity index (χ2n) is 14.1. The summed E-state index contributed by atoms with van der Waals surface area (Å²) in [5.41, 5.74) is 0.